The quantitative estimate of drug-likeness (QED) is 0.355. The Balaban J connectivity index is 0. The molecule has 0 bridgehead atoms. The zero-order valence-electron chi connectivity index (χ0n) is 4.54. The van der Waals surface area contributed by atoms with E-state index in [-0.39, 0.29) is 51.4 Å². The average Bonchev–Trinajstić information content (AvgIpc) is 1.21. The third kappa shape index (κ3) is 12.3. The minimum atomic E-state index is -5.45. The summed E-state index contributed by atoms with van der Waals surface area (Å²) in [5, 5.41) is 0. The van der Waals surface area contributed by atoms with E-state index in [0.717, 1.165) is 0 Å². The predicted molar refractivity (Wildman–Crippen MR) is 19.4 cm³/mol. The Morgan fingerprint density at radius 3 is 1.44 bits per heavy atom. The van der Waals surface area contributed by atoms with Gasteiger partial charge in [-0.25, -0.2) is 0 Å². The Hall–Kier alpha value is 1.09. The van der Waals surface area contributed by atoms with E-state index in [2.05, 4.69) is 0 Å². The molecule has 9 heavy (non-hydrogen) atoms. The smallest absolute Gasteiger partial charge is 0.445 e. The van der Waals surface area contributed by atoms with Gasteiger partial charge in [-0.15, -0.1) is 0 Å². The molecule has 0 amide bonds. The maximum absolute atomic E-state index is 10.8. The minimum Gasteiger partial charge on any atom is -0.445 e. The van der Waals surface area contributed by atoms with E-state index in [1.165, 1.54) is 0 Å². The summed E-state index contributed by atoms with van der Waals surface area (Å²) in [6.07, 6.45) is -2.70. The molecule has 0 aliphatic heterocycles. The van der Waals surface area contributed by atoms with E-state index < -0.39 is 19.0 Å². The van der Waals surface area contributed by atoms with Gasteiger partial charge in [0, 0.05) is 0 Å². The number of hydrogen-bond donors (Lipinski definition) is 0. The van der Waals surface area contributed by atoms with Gasteiger partial charge in [-0.1, -0.05) is 5.98 Å². The normalized spacial score (nSPS) is 9.89. The molecule has 0 aliphatic rings. The van der Waals surface area contributed by atoms with Gasteiger partial charge in [0.25, 0.3) is 0 Å². The van der Waals surface area contributed by atoms with E-state index in [9.17, 15) is 21.7 Å². The SMILES string of the molecule is FC(F)=C[B-](F)(F)F.[K+]. The molecule has 0 spiro atoms. The molecule has 0 rings (SSSR count). The van der Waals surface area contributed by atoms with Crippen LogP contribution in [0.5, 0.6) is 0 Å². The second-order valence-electron chi connectivity index (χ2n) is 1.08. The molecular weight excluding hydrogens is 169 g/mol. The summed E-state index contributed by atoms with van der Waals surface area (Å²) < 4.78 is 53.8. The van der Waals surface area contributed by atoms with Crippen LogP contribution in [0, 0.1) is 0 Å². The van der Waals surface area contributed by atoms with Crippen LogP contribution in [0.15, 0.2) is 12.1 Å². The van der Waals surface area contributed by atoms with Gasteiger partial charge < -0.3 is 12.9 Å². The average molecular weight is 170 g/mol. The van der Waals surface area contributed by atoms with Crippen LogP contribution < -0.4 is 51.4 Å². The van der Waals surface area contributed by atoms with Crippen molar-refractivity contribution >= 4 is 6.98 Å². The largest absolute Gasteiger partial charge is 1.00 e. The molecule has 0 saturated carbocycles. The third-order valence-electron chi connectivity index (χ3n) is 0.315. The summed E-state index contributed by atoms with van der Waals surface area (Å²) >= 11 is 0. The zero-order chi connectivity index (χ0) is 6.78. The van der Waals surface area contributed by atoms with Crippen molar-refractivity contribution in [2.24, 2.45) is 0 Å². The van der Waals surface area contributed by atoms with E-state index in [0.29, 0.717) is 0 Å². The van der Waals surface area contributed by atoms with Crippen molar-refractivity contribution in [3.05, 3.63) is 12.1 Å². The standard InChI is InChI=1S/C2HBF5.K/c4-2(5)1-3(6,7)8;/h1H;/q-1;+1. The molecule has 0 radical (unpaired) electrons. The van der Waals surface area contributed by atoms with Gasteiger partial charge in [-0.2, -0.15) is 8.78 Å². The van der Waals surface area contributed by atoms with Crippen molar-refractivity contribution in [1.82, 2.24) is 0 Å². The number of hydrogen-bond acceptors (Lipinski definition) is 0. The molecule has 0 aromatic heterocycles. The van der Waals surface area contributed by atoms with Gasteiger partial charge in [0.05, 0.1) is 0 Å². The van der Waals surface area contributed by atoms with E-state index in [1.54, 1.807) is 0 Å². The molecule has 48 valence electrons. The molecule has 0 aromatic rings. The molecular formula is C2HBF5K. The molecule has 0 saturated heterocycles. The Labute approximate surface area is 91.0 Å². The fraction of sp³-hybridized carbons (Fsp3) is 0. The van der Waals surface area contributed by atoms with Crippen LogP contribution in [0.25, 0.3) is 0 Å². The van der Waals surface area contributed by atoms with Crippen LogP contribution >= 0.6 is 0 Å². The second kappa shape index (κ2) is 4.84. The summed E-state index contributed by atoms with van der Waals surface area (Å²) in [7, 11) is 0. The van der Waals surface area contributed by atoms with Crippen LogP contribution in [0.3, 0.4) is 0 Å². The number of rotatable bonds is 1. The topological polar surface area (TPSA) is 0 Å². The fourth-order valence-electron chi connectivity index (χ4n) is 0.143. The summed E-state index contributed by atoms with van der Waals surface area (Å²) in [5.41, 5.74) is 0. The maximum atomic E-state index is 10.8. The van der Waals surface area contributed by atoms with Crippen LogP contribution in [-0.4, -0.2) is 6.98 Å². The Morgan fingerprint density at radius 2 is 1.44 bits per heavy atom. The van der Waals surface area contributed by atoms with Crippen LogP contribution in [0.4, 0.5) is 21.7 Å². The summed E-state index contributed by atoms with van der Waals surface area (Å²) in [5.74, 6) is -1.000. The first kappa shape index (κ1) is 12.7. The fourth-order valence-corrected chi connectivity index (χ4v) is 0.143. The zero-order valence-corrected chi connectivity index (χ0v) is 7.67. The van der Waals surface area contributed by atoms with Gasteiger partial charge in [-0.05, 0) is 0 Å². The van der Waals surface area contributed by atoms with Crippen molar-refractivity contribution in [1.29, 1.82) is 0 Å². The van der Waals surface area contributed by atoms with Crippen molar-refractivity contribution in [3.8, 4) is 0 Å². The van der Waals surface area contributed by atoms with Crippen LogP contribution in [-0.2, 0) is 0 Å². The van der Waals surface area contributed by atoms with Crippen molar-refractivity contribution in [2.75, 3.05) is 0 Å². The first-order valence-electron chi connectivity index (χ1n) is 1.65. The van der Waals surface area contributed by atoms with Gasteiger partial charge >= 0.3 is 58.4 Å². The molecule has 0 nitrogen and oxygen atoms in total. The molecule has 0 fully saturated rings. The Bertz CT molecular complexity index is 102. The predicted octanol–water partition coefficient (Wildman–Crippen LogP) is -0.843. The molecule has 7 heteroatoms. The number of halogens is 5. The summed E-state index contributed by atoms with van der Waals surface area (Å²) in [4.78, 5) is 0. The van der Waals surface area contributed by atoms with Crippen molar-refractivity contribution in [2.45, 2.75) is 0 Å². The monoisotopic (exact) mass is 170 g/mol. The second-order valence-corrected chi connectivity index (χ2v) is 1.08. The van der Waals surface area contributed by atoms with E-state index in [4.69, 9.17) is 0 Å². The first-order chi connectivity index (χ1) is 3.42. The molecule has 0 aromatic carbocycles. The van der Waals surface area contributed by atoms with E-state index in [1.807, 2.05) is 0 Å². The van der Waals surface area contributed by atoms with Crippen molar-refractivity contribution < 1.29 is 73.1 Å². The van der Waals surface area contributed by atoms with Crippen LogP contribution in [0.1, 0.15) is 0 Å². The minimum absolute atomic E-state index is 0. The maximum Gasteiger partial charge on any atom is 1.00 e. The molecule has 0 atom stereocenters. The molecule has 0 N–H and O–H groups in total. The van der Waals surface area contributed by atoms with Gasteiger partial charge in [-0.3, -0.25) is 0 Å². The first-order valence-corrected chi connectivity index (χ1v) is 1.65. The van der Waals surface area contributed by atoms with Gasteiger partial charge in [0.2, 0.25) is 6.08 Å². The third-order valence-corrected chi connectivity index (χ3v) is 0.315. The van der Waals surface area contributed by atoms with Gasteiger partial charge in [0.1, 0.15) is 0 Å². The summed E-state index contributed by atoms with van der Waals surface area (Å²) in [6.45, 7) is -5.45. The molecule has 0 unspecified atom stereocenters. The molecule has 0 aliphatic carbocycles. The van der Waals surface area contributed by atoms with Crippen molar-refractivity contribution in [3.63, 3.8) is 0 Å². The Morgan fingerprint density at radius 1 is 1.11 bits per heavy atom. The summed E-state index contributed by atoms with van der Waals surface area (Å²) in [6, 6.07) is 0. The van der Waals surface area contributed by atoms with Gasteiger partial charge in [0.15, 0.2) is 0 Å². The van der Waals surface area contributed by atoms with E-state index >= 15 is 0 Å². The molecule has 0 heterocycles. The van der Waals surface area contributed by atoms with Crippen LogP contribution in [0.2, 0.25) is 0 Å². The Kier molecular flexibility index (Phi) is 6.85.